The van der Waals surface area contributed by atoms with E-state index in [1.54, 1.807) is 11.3 Å². The highest BCUT2D eigenvalue weighted by atomic mass is 32.1. The van der Waals surface area contributed by atoms with E-state index < -0.39 is 0 Å². The number of carbonyl (C=O) groups excluding carboxylic acids is 1. The van der Waals surface area contributed by atoms with E-state index in [4.69, 9.17) is 4.74 Å². The Morgan fingerprint density at radius 3 is 2.95 bits per heavy atom. The average molecular weight is 295 g/mol. The lowest BCUT2D eigenvalue weighted by atomic mass is 10.2. The van der Waals surface area contributed by atoms with Crippen LogP contribution >= 0.6 is 11.3 Å². The highest BCUT2D eigenvalue weighted by Crippen LogP contribution is 2.22. The third-order valence-corrected chi connectivity index (χ3v) is 4.79. The topological polar surface area (TPSA) is 54.5 Å². The van der Waals surface area contributed by atoms with Crippen LogP contribution in [0.2, 0.25) is 0 Å². The first-order valence-electron chi connectivity index (χ1n) is 7.19. The lowest BCUT2D eigenvalue weighted by Crippen LogP contribution is -2.49. The molecule has 1 atom stereocenters. The maximum absolute atomic E-state index is 12.0. The van der Waals surface area contributed by atoms with E-state index in [1.165, 1.54) is 4.88 Å². The fraction of sp³-hybridized carbons (Fsp3) is 0.714. The number of carbonyl (C=O) groups is 1. The molecule has 1 N–H and O–H groups in total. The molecule has 0 radical (unpaired) electrons. The van der Waals surface area contributed by atoms with Crippen LogP contribution in [0.1, 0.15) is 28.4 Å². The molecule has 2 heterocycles. The molecular formula is C14H21N3O2S. The summed E-state index contributed by atoms with van der Waals surface area (Å²) in [5, 5.41) is 4.13. The summed E-state index contributed by atoms with van der Waals surface area (Å²) in [5.74, 6) is 0.0504. The van der Waals surface area contributed by atoms with Crippen LogP contribution in [-0.4, -0.2) is 47.6 Å². The summed E-state index contributed by atoms with van der Waals surface area (Å²) in [5.41, 5.74) is 1.11. The van der Waals surface area contributed by atoms with E-state index in [1.807, 2.05) is 6.92 Å². The van der Waals surface area contributed by atoms with Gasteiger partial charge in [0.05, 0.1) is 17.3 Å². The minimum absolute atomic E-state index is 0.0504. The number of aryl methyl sites for hydroxylation is 2. The highest BCUT2D eigenvalue weighted by molar-refractivity contribution is 7.11. The SMILES string of the molecule is Cc1nc(C)c(CN2CCOC(C(=O)NC3CC3)C2)s1. The quantitative estimate of drug-likeness (QED) is 0.908. The molecule has 1 aromatic heterocycles. The monoisotopic (exact) mass is 295 g/mol. The first kappa shape index (κ1) is 14.0. The second-order valence-corrected chi connectivity index (χ2v) is 6.91. The van der Waals surface area contributed by atoms with Gasteiger partial charge in [0, 0.05) is 30.6 Å². The minimum atomic E-state index is -0.321. The molecule has 2 aliphatic rings. The fourth-order valence-corrected chi connectivity index (χ4v) is 3.43. The summed E-state index contributed by atoms with van der Waals surface area (Å²) in [4.78, 5) is 20.1. The van der Waals surface area contributed by atoms with Crippen LogP contribution in [0.15, 0.2) is 0 Å². The number of aromatic nitrogens is 1. The summed E-state index contributed by atoms with van der Waals surface area (Å²) in [6.07, 6.45) is 1.90. The molecule has 20 heavy (non-hydrogen) atoms. The molecule has 2 fully saturated rings. The number of thiazole rings is 1. The van der Waals surface area contributed by atoms with Gasteiger partial charge in [0.15, 0.2) is 0 Å². The average Bonchev–Trinajstić information content (AvgIpc) is 3.16. The van der Waals surface area contributed by atoms with Crippen molar-refractivity contribution in [3.63, 3.8) is 0 Å². The molecule has 0 bridgehead atoms. The predicted molar refractivity (Wildman–Crippen MR) is 77.8 cm³/mol. The van der Waals surface area contributed by atoms with Gasteiger partial charge in [-0.15, -0.1) is 11.3 Å². The molecule has 1 aromatic rings. The Hall–Kier alpha value is -0.980. The van der Waals surface area contributed by atoms with Gasteiger partial charge in [-0.2, -0.15) is 0 Å². The van der Waals surface area contributed by atoms with Crippen LogP contribution in [0.25, 0.3) is 0 Å². The Balaban J connectivity index is 1.57. The summed E-state index contributed by atoms with van der Waals surface area (Å²) >= 11 is 1.74. The first-order chi connectivity index (χ1) is 9.61. The molecule has 1 saturated carbocycles. The molecular weight excluding hydrogens is 274 g/mol. The Bertz CT molecular complexity index is 499. The lowest BCUT2D eigenvalue weighted by molar-refractivity contribution is -0.138. The van der Waals surface area contributed by atoms with Gasteiger partial charge >= 0.3 is 0 Å². The zero-order valence-corrected chi connectivity index (χ0v) is 12.8. The van der Waals surface area contributed by atoms with Crippen LogP contribution in [0.5, 0.6) is 0 Å². The van der Waals surface area contributed by atoms with Crippen molar-refractivity contribution >= 4 is 17.2 Å². The van der Waals surface area contributed by atoms with Crippen molar-refractivity contribution in [1.82, 2.24) is 15.2 Å². The standard InChI is InChI=1S/C14H21N3O2S/c1-9-13(20-10(2)15-9)8-17-5-6-19-12(7-17)14(18)16-11-3-4-11/h11-12H,3-8H2,1-2H3,(H,16,18). The summed E-state index contributed by atoms with van der Waals surface area (Å²) in [6.45, 7) is 7.13. The van der Waals surface area contributed by atoms with Gasteiger partial charge in [-0.1, -0.05) is 0 Å². The Morgan fingerprint density at radius 1 is 1.50 bits per heavy atom. The lowest BCUT2D eigenvalue weighted by Gasteiger charge is -2.31. The van der Waals surface area contributed by atoms with E-state index in [-0.39, 0.29) is 12.0 Å². The fourth-order valence-electron chi connectivity index (χ4n) is 2.45. The van der Waals surface area contributed by atoms with Crippen molar-refractivity contribution in [2.45, 2.75) is 45.4 Å². The van der Waals surface area contributed by atoms with Gasteiger partial charge in [0.25, 0.3) is 5.91 Å². The van der Waals surface area contributed by atoms with E-state index in [0.717, 1.165) is 36.6 Å². The van der Waals surface area contributed by atoms with E-state index >= 15 is 0 Å². The predicted octanol–water partition coefficient (Wildman–Crippen LogP) is 1.24. The minimum Gasteiger partial charge on any atom is -0.366 e. The molecule has 0 aromatic carbocycles. The number of ether oxygens (including phenoxy) is 1. The van der Waals surface area contributed by atoms with Gasteiger partial charge in [-0.3, -0.25) is 9.69 Å². The van der Waals surface area contributed by atoms with Crippen LogP contribution in [0, 0.1) is 13.8 Å². The van der Waals surface area contributed by atoms with Gasteiger partial charge < -0.3 is 10.1 Å². The van der Waals surface area contributed by atoms with Gasteiger partial charge in [0.1, 0.15) is 6.10 Å². The number of hydrogen-bond acceptors (Lipinski definition) is 5. The van der Waals surface area contributed by atoms with E-state index in [2.05, 4.69) is 22.1 Å². The maximum Gasteiger partial charge on any atom is 0.250 e. The molecule has 1 unspecified atom stereocenters. The number of morpholine rings is 1. The zero-order chi connectivity index (χ0) is 14.1. The highest BCUT2D eigenvalue weighted by Gasteiger charge is 2.31. The Morgan fingerprint density at radius 2 is 2.30 bits per heavy atom. The molecule has 0 spiro atoms. The van der Waals surface area contributed by atoms with Crippen LogP contribution in [-0.2, 0) is 16.1 Å². The molecule has 1 aliphatic carbocycles. The smallest absolute Gasteiger partial charge is 0.250 e. The molecule has 5 nitrogen and oxygen atoms in total. The third kappa shape index (κ3) is 3.37. The molecule has 1 amide bonds. The van der Waals surface area contributed by atoms with Crippen molar-refractivity contribution in [2.24, 2.45) is 0 Å². The molecule has 1 saturated heterocycles. The second kappa shape index (κ2) is 5.79. The van der Waals surface area contributed by atoms with Gasteiger partial charge in [-0.25, -0.2) is 4.98 Å². The largest absolute Gasteiger partial charge is 0.366 e. The zero-order valence-electron chi connectivity index (χ0n) is 12.0. The Labute approximate surface area is 123 Å². The molecule has 6 heteroatoms. The summed E-state index contributed by atoms with van der Waals surface area (Å²) < 4.78 is 5.61. The van der Waals surface area contributed by atoms with Crippen LogP contribution in [0.4, 0.5) is 0 Å². The van der Waals surface area contributed by atoms with Crippen molar-refractivity contribution in [1.29, 1.82) is 0 Å². The normalized spacial score (nSPS) is 23.8. The number of amides is 1. The first-order valence-corrected chi connectivity index (χ1v) is 8.00. The molecule has 110 valence electrons. The number of nitrogens with one attached hydrogen (secondary N) is 1. The van der Waals surface area contributed by atoms with Crippen molar-refractivity contribution < 1.29 is 9.53 Å². The van der Waals surface area contributed by atoms with Crippen molar-refractivity contribution in [3.05, 3.63) is 15.6 Å². The van der Waals surface area contributed by atoms with Gasteiger partial charge in [0.2, 0.25) is 0 Å². The number of rotatable bonds is 4. The second-order valence-electron chi connectivity index (χ2n) is 5.62. The van der Waals surface area contributed by atoms with Gasteiger partial charge in [-0.05, 0) is 26.7 Å². The van der Waals surface area contributed by atoms with Crippen molar-refractivity contribution in [2.75, 3.05) is 19.7 Å². The summed E-state index contributed by atoms with van der Waals surface area (Å²) in [6, 6.07) is 0.396. The molecule has 3 rings (SSSR count). The summed E-state index contributed by atoms with van der Waals surface area (Å²) in [7, 11) is 0. The van der Waals surface area contributed by atoms with Crippen LogP contribution in [0.3, 0.4) is 0 Å². The van der Waals surface area contributed by atoms with E-state index in [0.29, 0.717) is 19.2 Å². The van der Waals surface area contributed by atoms with E-state index in [9.17, 15) is 4.79 Å². The number of hydrogen-bond donors (Lipinski definition) is 1. The maximum atomic E-state index is 12.0. The number of nitrogens with zero attached hydrogens (tertiary/aromatic N) is 2. The van der Waals surface area contributed by atoms with Crippen LogP contribution < -0.4 is 5.32 Å². The Kier molecular flexibility index (Phi) is 4.05. The third-order valence-electron chi connectivity index (χ3n) is 3.73. The molecule has 1 aliphatic heterocycles. The van der Waals surface area contributed by atoms with Crippen molar-refractivity contribution in [3.8, 4) is 0 Å².